The molecular weight excluding hydrogens is 415 g/mol. The number of rotatable bonds is 5. The summed E-state index contributed by atoms with van der Waals surface area (Å²) in [5.41, 5.74) is 4.07. The van der Waals surface area contributed by atoms with E-state index in [-0.39, 0.29) is 17.8 Å². The molecule has 0 aliphatic carbocycles. The van der Waals surface area contributed by atoms with Crippen molar-refractivity contribution in [2.24, 2.45) is 0 Å². The Morgan fingerprint density at radius 3 is 2.65 bits per heavy atom. The molecule has 5 nitrogen and oxygen atoms in total. The van der Waals surface area contributed by atoms with Crippen molar-refractivity contribution in [3.63, 3.8) is 0 Å². The number of halogens is 1. The number of nitrogens with zero attached hydrogens (tertiary/aromatic N) is 1. The van der Waals surface area contributed by atoms with E-state index in [2.05, 4.69) is 10.3 Å². The first kappa shape index (κ1) is 21.2. The van der Waals surface area contributed by atoms with Crippen LogP contribution < -0.4 is 10.1 Å². The van der Waals surface area contributed by atoms with Gasteiger partial charge in [-0.1, -0.05) is 6.07 Å². The summed E-state index contributed by atoms with van der Waals surface area (Å²) in [7, 11) is 0. The largest absolute Gasteiger partial charge is 0.487 e. The summed E-state index contributed by atoms with van der Waals surface area (Å²) in [6.45, 7) is 7.42. The molecular formula is C24H23FN2O3S. The number of Topliss-reactive ketones (excluding diaryl/α,β-unsaturated/α-hetero) is 1. The fraction of sp³-hybridized carbons (Fsp3) is 0.292. The van der Waals surface area contributed by atoms with Crippen LogP contribution in [0.2, 0.25) is 0 Å². The summed E-state index contributed by atoms with van der Waals surface area (Å²) in [5.74, 6) is -0.0941. The van der Waals surface area contributed by atoms with Crippen molar-refractivity contribution in [2.75, 3.05) is 6.54 Å². The molecule has 3 aromatic rings. The maximum atomic E-state index is 14.7. The fourth-order valence-corrected chi connectivity index (χ4v) is 4.72. The summed E-state index contributed by atoms with van der Waals surface area (Å²) in [5, 5.41) is 3.78. The van der Waals surface area contributed by atoms with Crippen LogP contribution in [0, 0.1) is 26.6 Å². The van der Waals surface area contributed by atoms with E-state index in [1.807, 2.05) is 32.9 Å². The molecule has 31 heavy (non-hydrogen) atoms. The van der Waals surface area contributed by atoms with E-state index < -0.39 is 5.82 Å². The molecule has 1 aliphatic heterocycles. The van der Waals surface area contributed by atoms with Gasteiger partial charge in [-0.2, -0.15) is 0 Å². The van der Waals surface area contributed by atoms with Gasteiger partial charge in [-0.05, 0) is 63.1 Å². The molecule has 0 saturated carbocycles. The van der Waals surface area contributed by atoms with Crippen LogP contribution in [0.5, 0.6) is 5.75 Å². The van der Waals surface area contributed by atoms with Crippen LogP contribution in [0.1, 0.15) is 48.8 Å². The van der Waals surface area contributed by atoms with E-state index >= 15 is 0 Å². The lowest BCUT2D eigenvalue weighted by molar-refractivity contribution is 0.0936. The third kappa shape index (κ3) is 4.23. The highest BCUT2D eigenvalue weighted by Crippen LogP contribution is 2.41. The van der Waals surface area contributed by atoms with Gasteiger partial charge in [-0.25, -0.2) is 9.37 Å². The van der Waals surface area contributed by atoms with Crippen LogP contribution in [0.3, 0.4) is 0 Å². The van der Waals surface area contributed by atoms with E-state index in [9.17, 15) is 14.0 Å². The summed E-state index contributed by atoms with van der Waals surface area (Å²) >= 11 is 1.37. The average Bonchev–Trinajstić information content (AvgIpc) is 3.27. The lowest BCUT2D eigenvalue weighted by Crippen LogP contribution is -2.34. The fourth-order valence-electron chi connectivity index (χ4n) is 3.89. The second-order valence-corrected chi connectivity index (χ2v) is 9.06. The molecule has 0 saturated heterocycles. The van der Waals surface area contributed by atoms with Gasteiger partial charge in [0.2, 0.25) is 0 Å². The van der Waals surface area contributed by atoms with Crippen LogP contribution in [0.4, 0.5) is 4.39 Å². The molecule has 1 N–H and O–H groups in total. The number of aryl methyl sites for hydroxylation is 3. The maximum absolute atomic E-state index is 14.7. The van der Waals surface area contributed by atoms with Crippen LogP contribution in [-0.4, -0.2) is 29.3 Å². The zero-order valence-corrected chi connectivity index (χ0v) is 18.7. The van der Waals surface area contributed by atoms with Crippen LogP contribution in [0.15, 0.2) is 30.3 Å². The average molecular weight is 439 g/mol. The summed E-state index contributed by atoms with van der Waals surface area (Å²) in [4.78, 5) is 29.2. The number of thiazole rings is 1. The number of hydrogen-bond acceptors (Lipinski definition) is 5. The van der Waals surface area contributed by atoms with Gasteiger partial charge in [0.15, 0.2) is 5.78 Å². The van der Waals surface area contributed by atoms with E-state index in [4.69, 9.17) is 4.74 Å². The molecule has 1 atom stereocenters. The Bertz CT molecular complexity index is 1200. The number of benzene rings is 2. The topological polar surface area (TPSA) is 68.3 Å². The molecule has 1 aliphatic rings. The molecule has 1 aromatic heterocycles. The molecule has 2 heterocycles. The monoisotopic (exact) mass is 438 g/mol. The van der Waals surface area contributed by atoms with Gasteiger partial charge in [0.05, 0.1) is 17.2 Å². The van der Waals surface area contributed by atoms with Crippen molar-refractivity contribution < 1.29 is 18.7 Å². The minimum Gasteiger partial charge on any atom is -0.487 e. The molecule has 1 unspecified atom stereocenters. The molecule has 4 rings (SSSR count). The Morgan fingerprint density at radius 1 is 1.19 bits per heavy atom. The quantitative estimate of drug-likeness (QED) is 0.581. The van der Waals surface area contributed by atoms with E-state index in [0.717, 1.165) is 21.8 Å². The molecule has 0 fully saturated rings. The predicted octanol–water partition coefficient (Wildman–Crippen LogP) is 4.81. The van der Waals surface area contributed by atoms with Crippen LogP contribution in [-0.2, 0) is 6.42 Å². The number of ketones is 1. The zero-order chi connectivity index (χ0) is 22.3. The standard InChI is InChI=1S/C24H23FN2O3S/c1-12-7-17-9-18(11-26-24(29)23-13(2)27-15(4)31-23)30-22(17)20(8-12)19-10-16(14(3)28)5-6-21(19)25/h5-8,10,18H,9,11H2,1-4H3,(H,26,29). The van der Waals surface area contributed by atoms with Crippen molar-refractivity contribution in [1.82, 2.24) is 10.3 Å². The Labute approximate surface area is 184 Å². The molecule has 0 spiro atoms. The molecule has 2 aromatic carbocycles. The minimum absolute atomic E-state index is 0.124. The van der Waals surface area contributed by atoms with Crippen molar-refractivity contribution in [2.45, 2.75) is 40.2 Å². The zero-order valence-electron chi connectivity index (χ0n) is 17.8. The number of aromatic nitrogens is 1. The molecule has 1 amide bonds. The third-order valence-electron chi connectivity index (χ3n) is 5.31. The van der Waals surface area contributed by atoms with Crippen LogP contribution in [0.25, 0.3) is 11.1 Å². The third-order valence-corrected chi connectivity index (χ3v) is 6.38. The molecule has 7 heteroatoms. The Kier molecular flexibility index (Phi) is 5.62. The highest BCUT2D eigenvalue weighted by Gasteiger charge is 2.28. The smallest absolute Gasteiger partial charge is 0.263 e. The molecule has 0 radical (unpaired) electrons. The van der Waals surface area contributed by atoms with Crippen molar-refractivity contribution in [1.29, 1.82) is 0 Å². The van der Waals surface area contributed by atoms with Gasteiger partial charge in [0.1, 0.15) is 22.5 Å². The van der Waals surface area contributed by atoms with Gasteiger partial charge >= 0.3 is 0 Å². The van der Waals surface area contributed by atoms with Gasteiger partial charge < -0.3 is 10.1 Å². The summed E-state index contributed by atoms with van der Waals surface area (Å²) in [6, 6.07) is 8.25. The highest BCUT2D eigenvalue weighted by atomic mass is 32.1. The van der Waals surface area contributed by atoms with E-state index in [1.54, 1.807) is 6.07 Å². The Morgan fingerprint density at radius 2 is 1.97 bits per heavy atom. The Hall–Kier alpha value is -3.06. The number of carbonyl (C=O) groups excluding carboxylic acids is 2. The first-order valence-corrected chi connectivity index (χ1v) is 10.9. The van der Waals surface area contributed by atoms with Gasteiger partial charge in [-0.15, -0.1) is 11.3 Å². The molecule has 0 bridgehead atoms. The number of fused-ring (bicyclic) bond motifs is 1. The minimum atomic E-state index is -0.408. The first-order valence-electron chi connectivity index (χ1n) is 10.1. The molecule has 160 valence electrons. The second-order valence-electron chi connectivity index (χ2n) is 7.85. The lowest BCUT2D eigenvalue weighted by atomic mass is 9.95. The number of hydrogen-bond donors (Lipinski definition) is 1. The van der Waals surface area contributed by atoms with E-state index in [1.165, 1.54) is 30.4 Å². The van der Waals surface area contributed by atoms with Crippen molar-refractivity contribution >= 4 is 23.0 Å². The van der Waals surface area contributed by atoms with Crippen LogP contribution >= 0.6 is 11.3 Å². The van der Waals surface area contributed by atoms with E-state index in [0.29, 0.717) is 40.3 Å². The van der Waals surface area contributed by atoms with Crippen molar-refractivity contribution in [3.8, 4) is 16.9 Å². The lowest BCUT2D eigenvalue weighted by Gasteiger charge is -2.14. The van der Waals surface area contributed by atoms with Gasteiger partial charge in [0, 0.05) is 23.1 Å². The SMILES string of the molecule is CC(=O)c1ccc(F)c(-c2cc(C)cc3c2OC(CNC(=O)c2sc(C)nc2C)C3)c1. The normalized spacial score (nSPS) is 14.8. The number of ether oxygens (including phenoxy) is 1. The Balaban J connectivity index is 1.57. The summed E-state index contributed by atoms with van der Waals surface area (Å²) < 4.78 is 20.8. The predicted molar refractivity (Wildman–Crippen MR) is 119 cm³/mol. The van der Waals surface area contributed by atoms with Crippen molar-refractivity contribution in [3.05, 3.63) is 68.4 Å². The maximum Gasteiger partial charge on any atom is 0.263 e. The van der Waals surface area contributed by atoms with Gasteiger partial charge in [-0.3, -0.25) is 9.59 Å². The summed E-state index contributed by atoms with van der Waals surface area (Å²) in [6.07, 6.45) is 0.354. The first-order chi connectivity index (χ1) is 14.7. The number of nitrogens with one attached hydrogen (secondary N) is 1. The second kappa shape index (κ2) is 8.23. The van der Waals surface area contributed by atoms with Gasteiger partial charge in [0.25, 0.3) is 5.91 Å². The number of amides is 1. The number of carbonyl (C=O) groups is 2. The highest BCUT2D eigenvalue weighted by molar-refractivity contribution is 7.13.